The van der Waals surface area contributed by atoms with Crippen molar-refractivity contribution in [3.05, 3.63) is 54.0 Å². The van der Waals surface area contributed by atoms with Crippen LogP contribution in [0.15, 0.2) is 52.1 Å². The highest BCUT2D eigenvalue weighted by molar-refractivity contribution is 5.79. The van der Waals surface area contributed by atoms with Crippen LogP contribution in [0.25, 0.3) is 0 Å². The number of phenols is 1. The van der Waals surface area contributed by atoms with E-state index in [1.807, 2.05) is 31.2 Å². The molecule has 0 radical (unpaired) electrons. The second kappa shape index (κ2) is 8.77. The second-order valence-electron chi connectivity index (χ2n) is 4.97. The number of furan rings is 1. The highest BCUT2D eigenvalue weighted by atomic mass is 16.3. The van der Waals surface area contributed by atoms with Gasteiger partial charge < -0.3 is 20.2 Å². The Hall–Kier alpha value is -2.43. The molecule has 5 nitrogen and oxygen atoms in total. The third-order valence-electron chi connectivity index (χ3n) is 3.19. The first-order chi connectivity index (χ1) is 10.8. The molecule has 0 saturated heterocycles. The molecule has 0 unspecified atom stereocenters. The van der Waals surface area contributed by atoms with E-state index in [1.165, 1.54) is 5.56 Å². The summed E-state index contributed by atoms with van der Waals surface area (Å²) >= 11 is 0. The van der Waals surface area contributed by atoms with E-state index in [-0.39, 0.29) is 0 Å². The summed E-state index contributed by atoms with van der Waals surface area (Å²) in [5, 5.41) is 15.8. The quantitative estimate of drug-likeness (QED) is 0.418. The molecule has 0 fully saturated rings. The van der Waals surface area contributed by atoms with Gasteiger partial charge in [-0.15, -0.1) is 0 Å². The Bertz CT molecular complexity index is 562. The van der Waals surface area contributed by atoms with Gasteiger partial charge >= 0.3 is 0 Å². The maximum atomic E-state index is 9.25. The van der Waals surface area contributed by atoms with Crippen molar-refractivity contribution < 1.29 is 9.52 Å². The van der Waals surface area contributed by atoms with E-state index in [0.29, 0.717) is 12.3 Å². The average molecular weight is 301 g/mol. The van der Waals surface area contributed by atoms with Gasteiger partial charge in [0.1, 0.15) is 18.1 Å². The van der Waals surface area contributed by atoms with Crippen molar-refractivity contribution in [2.24, 2.45) is 4.99 Å². The summed E-state index contributed by atoms with van der Waals surface area (Å²) in [7, 11) is 0. The number of aliphatic imine (C=N–C) groups is 1. The Morgan fingerprint density at radius 3 is 2.68 bits per heavy atom. The predicted molar refractivity (Wildman–Crippen MR) is 88.0 cm³/mol. The number of aromatic hydroxyl groups is 1. The number of nitrogens with one attached hydrogen (secondary N) is 2. The number of guanidine groups is 1. The monoisotopic (exact) mass is 301 g/mol. The molecular weight excluding hydrogens is 278 g/mol. The maximum Gasteiger partial charge on any atom is 0.191 e. The smallest absolute Gasteiger partial charge is 0.191 e. The molecular formula is C17H23N3O2. The van der Waals surface area contributed by atoms with Crippen LogP contribution in [0.5, 0.6) is 5.75 Å². The Morgan fingerprint density at radius 1 is 1.18 bits per heavy atom. The summed E-state index contributed by atoms with van der Waals surface area (Å²) in [4.78, 5) is 4.48. The zero-order valence-electron chi connectivity index (χ0n) is 12.9. The van der Waals surface area contributed by atoms with E-state index in [4.69, 9.17) is 4.42 Å². The van der Waals surface area contributed by atoms with Gasteiger partial charge in [-0.05, 0) is 49.6 Å². The van der Waals surface area contributed by atoms with Crippen LogP contribution in [-0.4, -0.2) is 24.2 Å². The number of aryl methyl sites for hydroxylation is 1. The lowest BCUT2D eigenvalue weighted by Crippen LogP contribution is -2.37. The summed E-state index contributed by atoms with van der Waals surface area (Å²) in [5.74, 6) is 1.95. The third kappa shape index (κ3) is 5.52. The fourth-order valence-electron chi connectivity index (χ4n) is 2.06. The van der Waals surface area contributed by atoms with E-state index < -0.39 is 0 Å². The lowest BCUT2D eigenvalue weighted by Gasteiger charge is -2.11. The van der Waals surface area contributed by atoms with Crippen LogP contribution in [0.4, 0.5) is 0 Å². The van der Waals surface area contributed by atoms with Crippen molar-refractivity contribution >= 4 is 5.96 Å². The number of benzene rings is 1. The molecule has 22 heavy (non-hydrogen) atoms. The molecule has 1 aromatic carbocycles. The Labute approximate surface area is 131 Å². The van der Waals surface area contributed by atoms with Crippen molar-refractivity contribution in [3.8, 4) is 5.75 Å². The topological polar surface area (TPSA) is 69.8 Å². The normalized spacial score (nSPS) is 11.4. The predicted octanol–water partition coefficient (Wildman–Crippen LogP) is 2.67. The van der Waals surface area contributed by atoms with Crippen molar-refractivity contribution in [1.29, 1.82) is 0 Å². The average Bonchev–Trinajstić information content (AvgIpc) is 3.04. The summed E-state index contributed by atoms with van der Waals surface area (Å²) in [6, 6.07) is 11.1. The fraction of sp³-hybridized carbons (Fsp3) is 0.353. The van der Waals surface area contributed by atoms with Gasteiger partial charge in [-0.1, -0.05) is 12.1 Å². The molecule has 118 valence electrons. The van der Waals surface area contributed by atoms with Crippen LogP contribution in [-0.2, 0) is 13.0 Å². The van der Waals surface area contributed by atoms with Gasteiger partial charge in [-0.25, -0.2) is 4.99 Å². The van der Waals surface area contributed by atoms with Gasteiger partial charge in [0.15, 0.2) is 5.96 Å². The first kappa shape index (κ1) is 15.9. The SMILES string of the molecule is CCNC(=NCc1ccco1)NCCCc1ccc(O)cc1. The molecule has 0 aliphatic heterocycles. The lowest BCUT2D eigenvalue weighted by atomic mass is 10.1. The van der Waals surface area contributed by atoms with Gasteiger partial charge in [0.2, 0.25) is 0 Å². The molecule has 0 spiro atoms. The zero-order valence-corrected chi connectivity index (χ0v) is 12.9. The molecule has 1 heterocycles. The minimum atomic E-state index is 0.307. The highest BCUT2D eigenvalue weighted by Gasteiger charge is 1.99. The second-order valence-corrected chi connectivity index (χ2v) is 4.97. The molecule has 3 N–H and O–H groups in total. The summed E-state index contributed by atoms with van der Waals surface area (Å²) in [6.45, 7) is 4.23. The first-order valence-electron chi connectivity index (χ1n) is 7.60. The molecule has 0 bridgehead atoms. The van der Waals surface area contributed by atoms with Crippen molar-refractivity contribution in [3.63, 3.8) is 0 Å². The van der Waals surface area contributed by atoms with Crippen molar-refractivity contribution in [2.45, 2.75) is 26.3 Å². The molecule has 0 saturated carbocycles. The minimum absolute atomic E-state index is 0.307. The van der Waals surface area contributed by atoms with Crippen LogP contribution < -0.4 is 10.6 Å². The fourth-order valence-corrected chi connectivity index (χ4v) is 2.06. The standard InChI is InChI=1S/C17H23N3O2/c1-2-18-17(20-13-16-6-4-12-22-16)19-11-3-5-14-7-9-15(21)10-8-14/h4,6-10,12,21H,2-3,5,11,13H2,1H3,(H2,18,19,20). The molecule has 0 aliphatic carbocycles. The van der Waals surface area contributed by atoms with Crippen LogP contribution in [0, 0.1) is 0 Å². The highest BCUT2D eigenvalue weighted by Crippen LogP contribution is 2.10. The van der Waals surface area contributed by atoms with Crippen LogP contribution in [0.2, 0.25) is 0 Å². The van der Waals surface area contributed by atoms with Crippen LogP contribution in [0.1, 0.15) is 24.7 Å². The van der Waals surface area contributed by atoms with Gasteiger partial charge in [-0.2, -0.15) is 0 Å². The van der Waals surface area contributed by atoms with Gasteiger partial charge in [0.25, 0.3) is 0 Å². The number of hydrogen-bond acceptors (Lipinski definition) is 3. The lowest BCUT2D eigenvalue weighted by molar-refractivity contribution is 0.475. The molecule has 2 rings (SSSR count). The first-order valence-corrected chi connectivity index (χ1v) is 7.60. The summed E-state index contributed by atoms with van der Waals surface area (Å²) < 4.78 is 5.27. The maximum absolute atomic E-state index is 9.25. The molecule has 0 atom stereocenters. The molecule has 1 aromatic heterocycles. The molecule has 0 amide bonds. The van der Waals surface area contributed by atoms with E-state index in [2.05, 4.69) is 15.6 Å². The van der Waals surface area contributed by atoms with E-state index in [0.717, 1.165) is 37.7 Å². The Morgan fingerprint density at radius 2 is 2.00 bits per heavy atom. The van der Waals surface area contributed by atoms with Gasteiger partial charge in [0.05, 0.1) is 6.26 Å². The van der Waals surface area contributed by atoms with E-state index in [9.17, 15) is 5.11 Å². The Kier molecular flexibility index (Phi) is 6.36. The molecule has 5 heteroatoms. The van der Waals surface area contributed by atoms with Gasteiger partial charge in [-0.3, -0.25) is 0 Å². The summed E-state index contributed by atoms with van der Waals surface area (Å²) in [6.07, 6.45) is 3.61. The van der Waals surface area contributed by atoms with E-state index in [1.54, 1.807) is 18.4 Å². The van der Waals surface area contributed by atoms with E-state index >= 15 is 0 Å². The van der Waals surface area contributed by atoms with Crippen LogP contribution in [0.3, 0.4) is 0 Å². The number of phenolic OH excluding ortho intramolecular Hbond substituents is 1. The molecule has 2 aromatic rings. The number of nitrogens with zero attached hydrogens (tertiary/aromatic N) is 1. The van der Waals surface area contributed by atoms with Crippen molar-refractivity contribution in [1.82, 2.24) is 10.6 Å². The third-order valence-corrected chi connectivity index (χ3v) is 3.19. The largest absolute Gasteiger partial charge is 0.508 e. The number of rotatable bonds is 7. The number of hydrogen-bond donors (Lipinski definition) is 3. The van der Waals surface area contributed by atoms with Gasteiger partial charge in [0, 0.05) is 13.1 Å². The zero-order chi connectivity index (χ0) is 15.6. The minimum Gasteiger partial charge on any atom is -0.508 e. The Balaban J connectivity index is 1.74. The molecule has 0 aliphatic rings. The summed E-state index contributed by atoms with van der Waals surface area (Å²) in [5.41, 5.74) is 1.22. The van der Waals surface area contributed by atoms with Crippen molar-refractivity contribution in [2.75, 3.05) is 13.1 Å². The van der Waals surface area contributed by atoms with Crippen LogP contribution >= 0.6 is 0 Å².